The van der Waals surface area contributed by atoms with Gasteiger partial charge in [0.25, 0.3) is 0 Å². The molecule has 7 nitrogen and oxygen atoms in total. The van der Waals surface area contributed by atoms with Gasteiger partial charge < -0.3 is 16.0 Å². The minimum absolute atomic E-state index is 0.143. The van der Waals surface area contributed by atoms with Crippen LogP contribution in [-0.2, 0) is 0 Å². The lowest BCUT2D eigenvalue weighted by molar-refractivity contribution is 0.461. The van der Waals surface area contributed by atoms with Gasteiger partial charge in [0, 0.05) is 39.7 Å². The number of pyridine rings is 1. The molecule has 1 aromatic carbocycles. The Morgan fingerprint density at radius 2 is 2.04 bits per heavy atom. The monoisotopic (exact) mass is 356 g/mol. The van der Waals surface area contributed by atoms with E-state index in [1.165, 1.54) is 17.8 Å². The van der Waals surface area contributed by atoms with Crippen LogP contribution in [0.4, 0.5) is 15.9 Å². The summed E-state index contributed by atoms with van der Waals surface area (Å²) in [6.07, 6.45) is 6.78. The van der Waals surface area contributed by atoms with E-state index in [4.69, 9.17) is 16.0 Å². The van der Waals surface area contributed by atoms with Crippen molar-refractivity contribution in [3.8, 4) is 22.4 Å². The number of fused-ring (bicyclic) bond motifs is 1. The van der Waals surface area contributed by atoms with Crippen LogP contribution in [0.1, 0.15) is 0 Å². The maximum absolute atomic E-state index is 14.6. The third kappa shape index (κ3) is 2.40. The van der Waals surface area contributed by atoms with Gasteiger partial charge >= 0.3 is 0 Å². The number of nitrogen functional groups attached to an aromatic ring is 2. The maximum Gasteiger partial charge on any atom is 0.180 e. The predicted octanol–water partition coefficient (Wildman–Crippen LogP) is 3.31. The number of hydrogen-bond donors (Lipinski definition) is 3. The Labute approximate surface area is 145 Å². The molecule has 4 aromatic rings. The molecule has 0 bridgehead atoms. The quantitative estimate of drug-likeness (QED) is 0.380. The SMILES string of the molecule is CSc1cc(-c2ncc(-c3cn[nH]c3)c3onc(N)c23)c(F)cc1N. The Kier molecular flexibility index (Phi) is 3.57. The molecule has 0 unspecified atom stereocenters. The van der Waals surface area contributed by atoms with Crippen LogP contribution in [0.25, 0.3) is 33.4 Å². The van der Waals surface area contributed by atoms with E-state index in [1.807, 2.05) is 6.26 Å². The average molecular weight is 356 g/mol. The van der Waals surface area contributed by atoms with Crippen molar-refractivity contribution in [3.63, 3.8) is 0 Å². The fraction of sp³-hybridized carbons (Fsp3) is 0.0625. The number of H-pyrrole nitrogens is 1. The molecule has 0 aliphatic rings. The molecule has 9 heteroatoms. The molecular weight excluding hydrogens is 343 g/mol. The van der Waals surface area contributed by atoms with E-state index < -0.39 is 5.82 Å². The summed E-state index contributed by atoms with van der Waals surface area (Å²) in [4.78, 5) is 5.17. The van der Waals surface area contributed by atoms with Crippen LogP contribution in [0, 0.1) is 5.82 Å². The van der Waals surface area contributed by atoms with Gasteiger partial charge in [0.15, 0.2) is 11.4 Å². The highest BCUT2D eigenvalue weighted by atomic mass is 32.2. The van der Waals surface area contributed by atoms with E-state index >= 15 is 0 Å². The third-order valence-corrected chi connectivity index (χ3v) is 4.70. The number of anilines is 2. The molecule has 0 saturated carbocycles. The first-order valence-electron chi connectivity index (χ1n) is 7.26. The van der Waals surface area contributed by atoms with Gasteiger partial charge in [-0.2, -0.15) is 5.10 Å². The van der Waals surface area contributed by atoms with Crippen LogP contribution in [0.2, 0.25) is 0 Å². The molecule has 0 aliphatic heterocycles. The van der Waals surface area contributed by atoms with E-state index in [-0.39, 0.29) is 11.4 Å². The summed E-state index contributed by atoms with van der Waals surface area (Å²) in [7, 11) is 0. The predicted molar refractivity (Wildman–Crippen MR) is 95.4 cm³/mol. The maximum atomic E-state index is 14.6. The summed E-state index contributed by atoms with van der Waals surface area (Å²) < 4.78 is 19.9. The van der Waals surface area contributed by atoms with Crippen molar-refractivity contribution in [1.29, 1.82) is 0 Å². The molecule has 0 spiro atoms. The lowest BCUT2D eigenvalue weighted by Gasteiger charge is -2.10. The van der Waals surface area contributed by atoms with Crippen LogP contribution >= 0.6 is 11.8 Å². The van der Waals surface area contributed by atoms with Crippen molar-refractivity contribution in [2.24, 2.45) is 0 Å². The first-order chi connectivity index (χ1) is 12.1. The van der Waals surface area contributed by atoms with E-state index in [2.05, 4.69) is 20.3 Å². The normalized spacial score (nSPS) is 11.3. The number of aromatic amines is 1. The zero-order chi connectivity index (χ0) is 17.6. The second kappa shape index (κ2) is 5.78. The number of rotatable bonds is 3. The van der Waals surface area contributed by atoms with Gasteiger partial charge in [-0.25, -0.2) is 4.39 Å². The summed E-state index contributed by atoms with van der Waals surface area (Å²) >= 11 is 1.42. The Morgan fingerprint density at radius 1 is 1.20 bits per heavy atom. The number of thioether (sulfide) groups is 1. The molecule has 0 atom stereocenters. The standard InChI is InChI=1S/C16H13FN6OS/c1-25-12-2-8(10(17)3-11(12)18)14-13-15(24-23-16(13)19)9(6-20-14)7-4-21-22-5-7/h2-6H,18H2,1H3,(H2,19,23)(H,21,22). The summed E-state index contributed by atoms with van der Waals surface area (Å²) in [5.74, 6) is -0.342. The summed E-state index contributed by atoms with van der Waals surface area (Å²) in [5, 5.41) is 10.9. The summed E-state index contributed by atoms with van der Waals surface area (Å²) in [6.45, 7) is 0. The molecule has 25 heavy (non-hydrogen) atoms. The van der Waals surface area contributed by atoms with Crippen molar-refractivity contribution < 1.29 is 8.91 Å². The number of nitrogens with zero attached hydrogens (tertiary/aromatic N) is 3. The van der Waals surface area contributed by atoms with E-state index in [1.54, 1.807) is 24.7 Å². The van der Waals surface area contributed by atoms with Crippen molar-refractivity contribution in [1.82, 2.24) is 20.3 Å². The van der Waals surface area contributed by atoms with Crippen molar-refractivity contribution >= 4 is 34.2 Å². The van der Waals surface area contributed by atoms with E-state index in [9.17, 15) is 4.39 Å². The molecule has 126 valence electrons. The van der Waals surface area contributed by atoms with E-state index in [0.29, 0.717) is 27.9 Å². The highest BCUT2D eigenvalue weighted by Crippen LogP contribution is 2.39. The molecule has 0 radical (unpaired) electrons. The second-order valence-corrected chi connectivity index (χ2v) is 6.20. The number of benzene rings is 1. The van der Waals surface area contributed by atoms with Gasteiger partial charge in [0.1, 0.15) is 5.82 Å². The molecule has 0 aliphatic carbocycles. The average Bonchev–Trinajstić information content (AvgIpc) is 3.25. The Hall–Kier alpha value is -3.07. The summed E-state index contributed by atoms with van der Waals surface area (Å²) in [6, 6.07) is 2.93. The van der Waals surface area contributed by atoms with Gasteiger partial charge in [-0.05, 0) is 18.4 Å². The Balaban J connectivity index is 2.02. The molecule has 0 amide bonds. The summed E-state index contributed by atoms with van der Waals surface area (Å²) in [5.41, 5.74) is 14.7. The van der Waals surface area contributed by atoms with Crippen LogP contribution < -0.4 is 11.5 Å². The molecule has 3 heterocycles. The topological polar surface area (TPSA) is 120 Å². The van der Waals surface area contributed by atoms with Crippen molar-refractivity contribution in [2.75, 3.05) is 17.7 Å². The fourth-order valence-electron chi connectivity index (χ4n) is 2.70. The third-order valence-electron chi connectivity index (χ3n) is 3.91. The highest BCUT2D eigenvalue weighted by Gasteiger charge is 2.21. The Bertz CT molecular complexity index is 1080. The van der Waals surface area contributed by atoms with Crippen molar-refractivity contribution in [3.05, 3.63) is 36.5 Å². The molecule has 5 N–H and O–H groups in total. The second-order valence-electron chi connectivity index (χ2n) is 5.35. The largest absolute Gasteiger partial charge is 0.398 e. The lowest BCUT2D eigenvalue weighted by Crippen LogP contribution is -1.96. The zero-order valence-corrected chi connectivity index (χ0v) is 13.9. The van der Waals surface area contributed by atoms with Crippen LogP contribution in [-0.4, -0.2) is 26.6 Å². The zero-order valence-electron chi connectivity index (χ0n) is 13.1. The van der Waals surface area contributed by atoms with Gasteiger partial charge in [-0.1, -0.05) is 5.16 Å². The number of nitrogens with two attached hydrogens (primary N) is 2. The van der Waals surface area contributed by atoms with Gasteiger partial charge in [-0.15, -0.1) is 11.8 Å². The van der Waals surface area contributed by atoms with Gasteiger partial charge in [0.2, 0.25) is 0 Å². The molecule has 0 fully saturated rings. The number of nitrogens with one attached hydrogen (secondary N) is 1. The highest BCUT2D eigenvalue weighted by molar-refractivity contribution is 7.98. The smallest absolute Gasteiger partial charge is 0.180 e. The first-order valence-corrected chi connectivity index (χ1v) is 8.49. The number of aromatic nitrogens is 4. The first kappa shape index (κ1) is 15.5. The molecule has 0 saturated heterocycles. The molecular formula is C16H13FN6OS. The minimum atomic E-state index is -0.485. The van der Waals surface area contributed by atoms with Gasteiger partial charge in [0.05, 0.1) is 17.3 Å². The number of halogens is 1. The Morgan fingerprint density at radius 3 is 2.76 bits per heavy atom. The van der Waals surface area contributed by atoms with E-state index in [0.717, 1.165) is 10.5 Å². The van der Waals surface area contributed by atoms with Crippen LogP contribution in [0.3, 0.4) is 0 Å². The van der Waals surface area contributed by atoms with Crippen LogP contribution in [0.15, 0.2) is 40.1 Å². The van der Waals surface area contributed by atoms with Gasteiger partial charge in [-0.3, -0.25) is 10.1 Å². The minimum Gasteiger partial charge on any atom is -0.398 e. The lowest BCUT2D eigenvalue weighted by atomic mass is 10.0. The van der Waals surface area contributed by atoms with Crippen molar-refractivity contribution in [2.45, 2.75) is 4.90 Å². The van der Waals surface area contributed by atoms with Crippen LogP contribution in [0.5, 0.6) is 0 Å². The molecule has 3 aromatic heterocycles. The molecule has 4 rings (SSSR count). The number of hydrogen-bond acceptors (Lipinski definition) is 7. The fourth-order valence-corrected chi connectivity index (χ4v) is 3.23.